The van der Waals surface area contributed by atoms with Gasteiger partial charge < -0.3 is 4.74 Å². The third-order valence-electron chi connectivity index (χ3n) is 4.24. The maximum Gasteiger partial charge on any atom is 0.357 e. The summed E-state index contributed by atoms with van der Waals surface area (Å²) in [6.45, 7) is 4.04. The van der Waals surface area contributed by atoms with Gasteiger partial charge in [0, 0.05) is 33.9 Å². The highest BCUT2D eigenvalue weighted by Gasteiger charge is 2.27. The number of hydrogen-bond donors (Lipinski definition) is 0. The Labute approximate surface area is 153 Å². The van der Waals surface area contributed by atoms with Gasteiger partial charge in [0.15, 0.2) is 5.69 Å². The molecule has 1 aromatic carbocycles. The first kappa shape index (κ1) is 16.0. The number of esters is 1. The van der Waals surface area contributed by atoms with Gasteiger partial charge in [0.05, 0.1) is 18.0 Å². The Hall–Kier alpha value is -2.54. The number of imidazole rings is 1. The number of carbonyl (C=O) groups is 1. The summed E-state index contributed by atoms with van der Waals surface area (Å²) in [6.07, 6.45) is 3.76. The zero-order valence-corrected chi connectivity index (χ0v) is 15.4. The molecule has 0 unspecified atom stereocenters. The van der Waals surface area contributed by atoms with Crippen LogP contribution in [-0.4, -0.2) is 32.1 Å². The Morgan fingerprint density at radius 2 is 2.16 bits per heavy atom. The standard InChI is InChI=1S/C18H15BrN4O2/c1-3-25-18(24)17-14-7-12-8-20-10(2)23(12)15-6-11(19)4-5-13(15)16(14)21-9-22-17/h4-6,8-9H,3,7H2,1-2H3. The molecule has 0 spiro atoms. The fourth-order valence-corrected chi connectivity index (χ4v) is 3.55. The van der Waals surface area contributed by atoms with Crippen LogP contribution in [0.15, 0.2) is 35.2 Å². The number of rotatable bonds is 2. The molecule has 126 valence electrons. The number of benzene rings is 1. The van der Waals surface area contributed by atoms with Crippen molar-refractivity contribution in [2.24, 2.45) is 0 Å². The first-order chi connectivity index (χ1) is 12.1. The van der Waals surface area contributed by atoms with E-state index in [9.17, 15) is 4.79 Å². The van der Waals surface area contributed by atoms with Gasteiger partial charge in [0.1, 0.15) is 12.2 Å². The summed E-state index contributed by atoms with van der Waals surface area (Å²) in [7, 11) is 0. The van der Waals surface area contributed by atoms with Crippen molar-refractivity contribution in [2.75, 3.05) is 6.61 Å². The summed E-state index contributed by atoms with van der Waals surface area (Å²) in [6, 6.07) is 6.00. The monoisotopic (exact) mass is 398 g/mol. The van der Waals surface area contributed by atoms with E-state index in [2.05, 4.69) is 35.4 Å². The molecule has 1 aliphatic heterocycles. The SMILES string of the molecule is CCOC(=O)c1ncnc2c1Cc1cnc(C)n1-c1cc(Br)ccc1-2. The Kier molecular flexibility index (Phi) is 3.88. The molecule has 1 aliphatic rings. The molecule has 0 bridgehead atoms. The van der Waals surface area contributed by atoms with Crippen molar-refractivity contribution in [3.63, 3.8) is 0 Å². The third-order valence-corrected chi connectivity index (χ3v) is 4.73. The van der Waals surface area contributed by atoms with Crippen LogP contribution in [0.2, 0.25) is 0 Å². The molecule has 4 rings (SSSR count). The van der Waals surface area contributed by atoms with E-state index < -0.39 is 5.97 Å². The van der Waals surface area contributed by atoms with E-state index in [1.807, 2.05) is 31.3 Å². The smallest absolute Gasteiger partial charge is 0.357 e. The van der Waals surface area contributed by atoms with Crippen molar-refractivity contribution in [1.82, 2.24) is 19.5 Å². The van der Waals surface area contributed by atoms with Crippen LogP contribution in [-0.2, 0) is 11.2 Å². The second-order valence-electron chi connectivity index (χ2n) is 5.74. The minimum atomic E-state index is -0.426. The number of aryl methyl sites for hydroxylation is 1. The molecule has 0 radical (unpaired) electrons. The highest BCUT2D eigenvalue weighted by atomic mass is 79.9. The van der Waals surface area contributed by atoms with Crippen LogP contribution in [0, 0.1) is 6.92 Å². The van der Waals surface area contributed by atoms with Crippen LogP contribution < -0.4 is 0 Å². The first-order valence-electron chi connectivity index (χ1n) is 7.94. The zero-order valence-electron chi connectivity index (χ0n) is 13.8. The number of hydrogen-bond acceptors (Lipinski definition) is 5. The average Bonchev–Trinajstić information content (AvgIpc) is 2.88. The van der Waals surface area contributed by atoms with Crippen LogP contribution in [0.3, 0.4) is 0 Å². The summed E-state index contributed by atoms with van der Waals surface area (Å²) >= 11 is 3.54. The number of fused-ring (bicyclic) bond motifs is 5. The van der Waals surface area contributed by atoms with Gasteiger partial charge in [0.25, 0.3) is 0 Å². The van der Waals surface area contributed by atoms with E-state index >= 15 is 0 Å². The van der Waals surface area contributed by atoms with E-state index in [1.165, 1.54) is 6.33 Å². The lowest BCUT2D eigenvalue weighted by atomic mass is 10.0. The van der Waals surface area contributed by atoms with Crippen molar-refractivity contribution in [2.45, 2.75) is 20.3 Å². The molecular formula is C18H15BrN4O2. The van der Waals surface area contributed by atoms with Gasteiger partial charge in [-0.05, 0) is 32.0 Å². The first-order valence-corrected chi connectivity index (χ1v) is 8.74. The summed E-state index contributed by atoms with van der Waals surface area (Å²) in [4.78, 5) is 25.5. The topological polar surface area (TPSA) is 69.9 Å². The van der Waals surface area contributed by atoms with Crippen molar-refractivity contribution in [1.29, 1.82) is 0 Å². The number of aromatic nitrogens is 4. The minimum Gasteiger partial charge on any atom is -0.461 e. The lowest BCUT2D eigenvalue weighted by Gasteiger charge is -2.12. The molecule has 3 heterocycles. The maximum atomic E-state index is 12.4. The number of ether oxygens (including phenoxy) is 1. The molecule has 3 aromatic rings. The maximum absolute atomic E-state index is 12.4. The van der Waals surface area contributed by atoms with Crippen LogP contribution in [0.4, 0.5) is 0 Å². The van der Waals surface area contributed by atoms with Crippen molar-refractivity contribution in [3.8, 4) is 16.9 Å². The molecule has 0 N–H and O–H groups in total. The molecule has 7 heteroatoms. The van der Waals surface area contributed by atoms with Crippen LogP contribution in [0.25, 0.3) is 16.9 Å². The Balaban J connectivity index is 2.04. The Morgan fingerprint density at radius 3 is 2.96 bits per heavy atom. The largest absolute Gasteiger partial charge is 0.461 e. The van der Waals surface area contributed by atoms with Gasteiger partial charge >= 0.3 is 5.97 Å². The van der Waals surface area contributed by atoms with Crippen molar-refractivity contribution in [3.05, 3.63) is 58.0 Å². The van der Waals surface area contributed by atoms with Gasteiger partial charge in [-0.25, -0.2) is 19.7 Å². The van der Waals surface area contributed by atoms with Gasteiger partial charge in [-0.3, -0.25) is 4.57 Å². The van der Waals surface area contributed by atoms with E-state index in [-0.39, 0.29) is 0 Å². The lowest BCUT2D eigenvalue weighted by Crippen LogP contribution is -2.12. The van der Waals surface area contributed by atoms with Gasteiger partial charge in [0.2, 0.25) is 0 Å². The van der Waals surface area contributed by atoms with E-state index in [0.29, 0.717) is 18.7 Å². The molecule has 25 heavy (non-hydrogen) atoms. The Morgan fingerprint density at radius 1 is 1.32 bits per heavy atom. The van der Waals surface area contributed by atoms with Crippen LogP contribution in [0.5, 0.6) is 0 Å². The molecule has 0 aliphatic carbocycles. The molecule has 0 saturated heterocycles. The molecule has 0 saturated carbocycles. The quantitative estimate of drug-likeness (QED) is 0.483. The fraction of sp³-hybridized carbons (Fsp3) is 0.222. The molecule has 0 amide bonds. The summed E-state index contributed by atoms with van der Waals surface area (Å²) < 4.78 is 8.24. The second-order valence-corrected chi connectivity index (χ2v) is 6.66. The lowest BCUT2D eigenvalue weighted by molar-refractivity contribution is 0.0518. The summed E-state index contributed by atoms with van der Waals surface area (Å²) in [5, 5.41) is 0. The summed E-state index contributed by atoms with van der Waals surface area (Å²) in [5.74, 6) is 0.456. The predicted octanol–water partition coefficient (Wildman–Crippen LogP) is 3.48. The molecule has 0 atom stereocenters. The van der Waals surface area contributed by atoms with Crippen LogP contribution >= 0.6 is 15.9 Å². The average molecular weight is 399 g/mol. The second kappa shape index (κ2) is 6.07. The normalized spacial score (nSPS) is 12.0. The van der Waals surface area contributed by atoms with E-state index in [1.54, 1.807) is 6.92 Å². The highest BCUT2D eigenvalue weighted by molar-refractivity contribution is 9.10. The number of nitrogens with zero attached hydrogens (tertiary/aromatic N) is 4. The number of carbonyl (C=O) groups excluding carboxylic acids is 1. The van der Waals surface area contributed by atoms with E-state index in [0.717, 1.165) is 38.5 Å². The molecule has 6 nitrogen and oxygen atoms in total. The predicted molar refractivity (Wildman–Crippen MR) is 95.8 cm³/mol. The Bertz CT molecular complexity index is 997. The van der Waals surface area contributed by atoms with Gasteiger partial charge in [-0.15, -0.1) is 0 Å². The van der Waals surface area contributed by atoms with Crippen molar-refractivity contribution < 1.29 is 9.53 Å². The third kappa shape index (κ3) is 2.55. The van der Waals surface area contributed by atoms with E-state index in [4.69, 9.17) is 4.74 Å². The zero-order chi connectivity index (χ0) is 17.6. The van der Waals surface area contributed by atoms with Crippen LogP contribution in [0.1, 0.15) is 34.5 Å². The van der Waals surface area contributed by atoms with Gasteiger partial charge in [-0.1, -0.05) is 15.9 Å². The van der Waals surface area contributed by atoms with Crippen molar-refractivity contribution >= 4 is 21.9 Å². The minimum absolute atomic E-state index is 0.304. The fourth-order valence-electron chi connectivity index (χ4n) is 3.20. The number of halogens is 1. The van der Waals surface area contributed by atoms with Gasteiger partial charge in [-0.2, -0.15) is 0 Å². The molecule has 2 aromatic heterocycles. The molecular weight excluding hydrogens is 384 g/mol. The highest BCUT2D eigenvalue weighted by Crippen LogP contribution is 2.37. The molecule has 0 fully saturated rings. The summed E-state index contributed by atoms with van der Waals surface area (Å²) in [5.41, 5.74) is 4.73.